The molecule has 1 aromatic carbocycles. The zero-order valence-corrected chi connectivity index (χ0v) is 9.46. The molecule has 1 aromatic rings. The van der Waals surface area contributed by atoms with Gasteiger partial charge in [0, 0.05) is 6.61 Å². The molecule has 0 aliphatic carbocycles. The fraction of sp³-hybridized carbons (Fsp3) is 0.400. The first kappa shape index (κ1) is 11.2. The van der Waals surface area contributed by atoms with Crippen LogP contribution in [-0.4, -0.2) is 26.1 Å². The highest BCUT2D eigenvalue weighted by atomic mass is 32.2. The summed E-state index contributed by atoms with van der Waals surface area (Å²) in [6.07, 6.45) is 1.37. The number of aliphatic hydroxyl groups is 1. The van der Waals surface area contributed by atoms with Crippen molar-refractivity contribution in [3.63, 3.8) is 0 Å². The molecule has 0 unspecified atom stereocenters. The van der Waals surface area contributed by atoms with Crippen LogP contribution in [0.4, 0.5) is 5.69 Å². The highest BCUT2D eigenvalue weighted by Gasteiger charge is 2.21. The second-order valence-corrected chi connectivity index (χ2v) is 5.31. The van der Waals surface area contributed by atoms with Crippen molar-refractivity contribution in [2.45, 2.75) is 12.8 Å². The van der Waals surface area contributed by atoms with E-state index in [1.165, 1.54) is 0 Å². The number of aliphatic hydroxyl groups excluding tert-OH is 1. The van der Waals surface area contributed by atoms with Crippen molar-refractivity contribution in [1.29, 1.82) is 0 Å². The number of hydrogen-bond acceptors (Lipinski definition) is 4. The normalized spacial score (nSPS) is 17.1. The number of benzene rings is 1. The number of aryl methyl sites for hydroxylation is 1. The molecule has 1 aliphatic heterocycles. The summed E-state index contributed by atoms with van der Waals surface area (Å²) in [6.45, 7) is 0.124. The van der Waals surface area contributed by atoms with Gasteiger partial charge in [-0.3, -0.25) is 4.72 Å². The zero-order valence-electron chi connectivity index (χ0n) is 8.64. The molecule has 0 amide bonds. The lowest BCUT2D eigenvalue weighted by atomic mass is 10.1. The molecule has 1 aliphatic rings. The number of nitrogens with one attached hydrogen (secondary N) is 1. The van der Waals surface area contributed by atoms with Crippen LogP contribution in [0.5, 0.6) is 5.75 Å². The number of sulfonamides is 1. The van der Waals surface area contributed by atoms with Gasteiger partial charge in [-0.25, -0.2) is 8.42 Å². The van der Waals surface area contributed by atoms with Gasteiger partial charge in [0.2, 0.25) is 5.94 Å². The van der Waals surface area contributed by atoms with Gasteiger partial charge in [-0.15, -0.1) is 0 Å². The van der Waals surface area contributed by atoms with E-state index in [4.69, 9.17) is 9.84 Å². The monoisotopic (exact) mass is 243 g/mol. The molecule has 5 nitrogen and oxygen atoms in total. The van der Waals surface area contributed by atoms with E-state index in [0.29, 0.717) is 24.3 Å². The summed E-state index contributed by atoms with van der Waals surface area (Å²) in [7, 11) is -3.36. The van der Waals surface area contributed by atoms with Crippen LogP contribution in [0.2, 0.25) is 0 Å². The van der Waals surface area contributed by atoms with E-state index in [-0.39, 0.29) is 12.5 Å². The molecule has 0 atom stereocenters. The molecule has 0 fully saturated rings. The van der Waals surface area contributed by atoms with Crippen molar-refractivity contribution < 1.29 is 18.3 Å². The van der Waals surface area contributed by atoms with E-state index in [0.717, 1.165) is 5.56 Å². The van der Waals surface area contributed by atoms with Gasteiger partial charge in [-0.2, -0.15) is 0 Å². The smallest absolute Gasteiger partial charge is 0.268 e. The van der Waals surface area contributed by atoms with Crippen molar-refractivity contribution >= 4 is 15.7 Å². The van der Waals surface area contributed by atoms with E-state index in [1.807, 2.05) is 6.07 Å². The minimum atomic E-state index is -3.36. The lowest BCUT2D eigenvalue weighted by molar-refractivity contribution is 0.288. The molecule has 0 radical (unpaired) electrons. The quantitative estimate of drug-likeness (QED) is 0.819. The van der Waals surface area contributed by atoms with Gasteiger partial charge < -0.3 is 9.84 Å². The third kappa shape index (κ3) is 2.45. The van der Waals surface area contributed by atoms with E-state index < -0.39 is 10.0 Å². The first-order valence-corrected chi connectivity index (χ1v) is 6.63. The predicted molar refractivity (Wildman–Crippen MR) is 59.9 cm³/mol. The Morgan fingerprint density at radius 1 is 1.44 bits per heavy atom. The molecule has 16 heavy (non-hydrogen) atoms. The fourth-order valence-electron chi connectivity index (χ4n) is 1.56. The van der Waals surface area contributed by atoms with E-state index in [1.54, 1.807) is 12.1 Å². The van der Waals surface area contributed by atoms with Gasteiger partial charge >= 0.3 is 0 Å². The second-order valence-electron chi connectivity index (χ2n) is 3.64. The number of ether oxygens (including phenoxy) is 1. The van der Waals surface area contributed by atoms with Crippen LogP contribution in [0.1, 0.15) is 12.0 Å². The summed E-state index contributed by atoms with van der Waals surface area (Å²) in [5.74, 6) is 0.207. The Labute approximate surface area is 94.1 Å². The maximum absolute atomic E-state index is 11.3. The van der Waals surface area contributed by atoms with Gasteiger partial charge in [0.15, 0.2) is 0 Å². The van der Waals surface area contributed by atoms with Crippen LogP contribution in [0.25, 0.3) is 0 Å². The SMILES string of the molecule is O=S1(=O)COc2ccc(CCCO)cc2N1. The van der Waals surface area contributed by atoms with Crippen molar-refractivity contribution in [2.24, 2.45) is 0 Å². The van der Waals surface area contributed by atoms with Crippen LogP contribution >= 0.6 is 0 Å². The third-order valence-corrected chi connectivity index (χ3v) is 3.26. The minimum absolute atomic E-state index is 0.124. The average Bonchev–Trinajstić information content (AvgIpc) is 2.24. The standard InChI is InChI=1S/C10H13NO4S/c12-5-1-2-8-3-4-10-9(6-8)11-16(13,14)7-15-10/h3-4,6,11-12H,1-2,5,7H2. The Morgan fingerprint density at radius 2 is 2.25 bits per heavy atom. The van der Waals surface area contributed by atoms with Crippen LogP contribution in [-0.2, 0) is 16.4 Å². The van der Waals surface area contributed by atoms with Crippen molar-refractivity contribution in [3.05, 3.63) is 23.8 Å². The highest BCUT2D eigenvalue weighted by Crippen LogP contribution is 2.30. The van der Waals surface area contributed by atoms with Crippen LogP contribution in [0.15, 0.2) is 18.2 Å². The van der Waals surface area contributed by atoms with Crippen LogP contribution in [0, 0.1) is 0 Å². The van der Waals surface area contributed by atoms with Crippen molar-refractivity contribution in [3.8, 4) is 5.75 Å². The Balaban J connectivity index is 2.24. The summed E-state index contributed by atoms with van der Waals surface area (Å²) < 4.78 is 30.1. The first-order valence-electron chi connectivity index (χ1n) is 4.98. The zero-order chi connectivity index (χ0) is 11.6. The molecule has 1 heterocycles. The summed E-state index contributed by atoms with van der Waals surface area (Å²) in [5, 5.41) is 8.71. The topological polar surface area (TPSA) is 75.6 Å². The van der Waals surface area contributed by atoms with Gasteiger partial charge in [0.1, 0.15) is 5.75 Å². The van der Waals surface area contributed by atoms with Crippen molar-refractivity contribution in [2.75, 3.05) is 17.3 Å². The van der Waals surface area contributed by atoms with Crippen LogP contribution < -0.4 is 9.46 Å². The Morgan fingerprint density at radius 3 is 3.00 bits per heavy atom. The molecule has 0 bridgehead atoms. The maximum atomic E-state index is 11.3. The van der Waals surface area contributed by atoms with Gasteiger partial charge in [-0.1, -0.05) is 6.07 Å². The van der Waals surface area contributed by atoms with Gasteiger partial charge in [0.05, 0.1) is 5.69 Å². The molecule has 2 N–H and O–H groups in total. The maximum Gasteiger partial charge on any atom is 0.268 e. The number of hydrogen-bond donors (Lipinski definition) is 2. The molecule has 0 aromatic heterocycles. The largest absolute Gasteiger partial charge is 0.474 e. The number of anilines is 1. The molecular weight excluding hydrogens is 230 g/mol. The Bertz CT molecular complexity index is 484. The van der Waals surface area contributed by atoms with E-state index in [2.05, 4.69) is 4.72 Å². The lowest BCUT2D eigenvalue weighted by Gasteiger charge is -2.19. The van der Waals surface area contributed by atoms with E-state index >= 15 is 0 Å². The number of fused-ring (bicyclic) bond motifs is 1. The summed E-state index contributed by atoms with van der Waals surface area (Å²) in [6, 6.07) is 5.35. The van der Waals surface area contributed by atoms with Gasteiger partial charge in [0.25, 0.3) is 10.0 Å². The summed E-state index contributed by atoms with van der Waals surface area (Å²) >= 11 is 0. The summed E-state index contributed by atoms with van der Waals surface area (Å²) in [4.78, 5) is 0. The van der Waals surface area contributed by atoms with Crippen molar-refractivity contribution in [1.82, 2.24) is 0 Å². The molecule has 0 spiro atoms. The molecule has 0 saturated carbocycles. The molecule has 88 valence electrons. The molecule has 2 rings (SSSR count). The lowest BCUT2D eigenvalue weighted by Crippen LogP contribution is -2.25. The summed E-state index contributed by atoms with van der Waals surface area (Å²) in [5.41, 5.74) is 1.45. The third-order valence-electron chi connectivity index (χ3n) is 2.30. The first-order chi connectivity index (χ1) is 7.61. The van der Waals surface area contributed by atoms with Gasteiger partial charge in [-0.05, 0) is 30.5 Å². The Hall–Kier alpha value is -1.27. The molecular formula is C10H13NO4S. The molecule has 6 heteroatoms. The number of rotatable bonds is 3. The Kier molecular flexibility index (Phi) is 3.02. The highest BCUT2D eigenvalue weighted by molar-refractivity contribution is 7.92. The predicted octanol–water partition coefficient (Wildman–Crippen LogP) is 0.703. The van der Waals surface area contributed by atoms with Crippen LogP contribution in [0.3, 0.4) is 0 Å². The second kappa shape index (κ2) is 4.31. The average molecular weight is 243 g/mol. The molecule has 0 saturated heterocycles. The fourth-order valence-corrected chi connectivity index (χ4v) is 2.40. The minimum Gasteiger partial charge on any atom is -0.474 e. The van der Waals surface area contributed by atoms with E-state index in [9.17, 15) is 8.42 Å².